The summed E-state index contributed by atoms with van der Waals surface area (Å²) in [5.74, 6) is 0. The third-order valence-corrected chi connectivity index (χ3v) is 5.55. The lowest BCUT2D eigenvalue weighted by Crippen LogP contribution is -1.91. The molecule has 1 aromatic carbocycles. The molecule has 3 heterocycles. The summed E-state index contributed by atoms with van der Waals surface area (Å²) in [6.07, 6.45) is 0. The van der Waals surface area contributed by atoms with E-state index in [9.17, 15) is 10.1 Å². The summed E-state index contributed by atoms with van der Waals surface area (Å²) in [4.78, 5) is 17.7. The Morgan fingerprint density at radius 3 is 1.96 bits per heavy atom. The molecule has 25 heavy (non-hydrogen) atoms. The standard InChI is InChI=1S/C19H12N2O2S2/c22-21(23)15-5-1-4-13(10-15)14-11-16(18-6-2-8-24-18)20-17(12-14)19-7-3-9-25-19/h1-12H. The van der Waals surface area contributed by atoms with Gasteiger partial charge in [0.15, 0.2) is 0 Å². The molecule has 0 saturated heterocycles. The highest BCUT2D eigenvalue weighted by atomic mass is 32.1. The van der Waals surface area contributed by atoms with Crippen LogP contribution >= 0.6 is 22.7 Å². The molecule has 0 bridgehead atoms. The average molecular weight is 364 g/mol. The van der Waals surface area contributed by atoms with E-state index in [1.807, 2.05) is 53.2 Å². The van der Waals surface area contributed by atoms with Gasteiger partial charge in [-0.25, -0.2) is 4.98 Å². The second-order valence-corrected chi connectivity index (χ2v) is 7.28. The molecule has 0 aliphatic rings. The van der Waals surface area contributed by atoms with Gasteiger partial charge in [-0.15, -0.1) is 22.7 Å². The van der Waals surface area contributed by atoms with Crippen LogP contribution in [0.1, 0.15) is 0 Å². The number of pyridine rings is 1. The van der Waals surface area contributed by atoms with Crippen LogP contribution in [0, 0.1) is 10.1 Å². The number of thiophene rings is 2. The van der Waals surface area contributed by atoms with E-state index in [2.05, 4.69) is 0 Å². The minimum Gasteiger partial charge on any atom is -0.258 e. The van der Waals surface area contributed by atoms with Crippen LogP contribution < -0.4 is 0 Å². The quantitative estimate of drug-likeness (QED) is 0.324. The van der Waals surface area contributed by atoms with Gasteiger partial charge in [0.1, 0.15) is 0 Å². The molecule has 0 spiro atoms. The van der Waals surface area contributed by atoms with Gasteiger partial charge in [-0.3, -0.25) is 10.1 Å². The van der Waals surface area contributed by atoms with Gasteiger partial charge >= 0.3 is 0 Å². The van der Waals surface area contributed by atoms with Crippen LogP contribution in [0.25, 0.3) is 32.3 Å². The molecule has 0 unspecified atom stereocenters. The van der Waals surface area contributed by atoms with Crippen LogP contribution in [-0.2, 0) is 0 Å². The fraction of sp³-hybridized carbons (Fsp3) is 0. The number of nitrogens with zero attached hydrogens (tertiary/aromatic N) is 2. The molecular weight excluding hydrogens is 352 g/mol. The highest BCUT2D eigenvalue weighted by Gasteiger charge is 2.12. The Labute approximate surface area is 152 Å². The SMILES string of the molecule is O=[N+]([O-])c1cccc(-c2cc(-c3cccs3)nc(-c3cccs3)c2)c1. The van der Waals surface area contributed by atoms with Crippen molar-refractivity contribution < 1.29 is 4.92 Å². The second kappa shape index (κ2) is 6.58. The summed E-state index contributed by atoms with van der Waals surface area (Å²) in [5, 5.41) is 15.1. The van der Waals surface area contributed by atoms with E-state index in [0.29, 0.717) is 0 Å². The van der Waals surface area contributed by atoms with Gasteiger partial charge in [0.2, 0.25) is 0 Å². The normalized spacial score (nSPS) is 10.7. The molecule has 0 atom stereocenters. The van der Waals surface area contributed by atoms with Gasteiger partial charge in [-0.05, 0) is 46.2 Å². The van der Waals surface area contributed by atoms with E-state index in [1.165, 1.54) is 6.07 Å². The van der Waals surface area contributed by atoms with Gasteiger partial charge < -0.3 is 0 Å². The van der Waals surface area contributed by atoms with Gasteiger partial charge in [0.05, 0.1) is 26.1 Å². The minimum absolute atomic E-state index is 0.0876. The number of rotatable bonds is 4. The molecule has 4 rings (SSSR count). The van der Waals surface area contributed by atoms with Gasteiger partial charge in [0, 0.05) is 12.1 Å². The van der Waals surface area contributed by atoms with Crippen LogP contribution in [0.2, 0.25) is 0 Å². The zero-order valence-corrected chi connectivity index (χ0v) is 14.6. The number of benzene rings is 1. The smallest absolute Gasteiger partial charge is 0.258 e. The Kier molecular flexibility index (Phi) is 4.13. The number of non-ortho nitro benzene ring substituents is 1. The van der Waals surface area contributed by atoms with E-state index in [-0.39, 0.29) is 10.6 Å². The number of nitro groups is 1. The van der Waals surface area contributed by atoms with Crippen LogP contribution in [0.3, 0.4) is 0 Å². The van der Waals surface area contributed by atoms with E-state index < -0.39 is 0 Å². The Hall–Kier alpha value is -2.83. The summed E-state index contributed by atoms with van der Waals surface area (Å²) >= 11 is 3.25. The second-order valence-electron chi connectivity index (χ2n) is 5.39. The van der Waals surface area contributed by atoms with E-state index >= 15 is 0 Å². The summed E-state index contributed by atoms with van der Waals surface area (Å²) in [6, 6.07) is 18.7. The third kappa shape index (κ3) is 3.22. The molecule has 0 radical (unpaired) electrons. The average Bonchev–Trinajstić information content (AvgIpc) is 3.35. The van der Waals surface area contributed by atoms with Gasteiger partial charge in [0.25, 0.3) is 5.69 Å². The lowest BCUT2D eigenvalue weighted by molar-refractivity contribution is -0.384. The summed E-state index contributed by atoms with van der Waals surface area (Å²) in [5.41, 5.74) is 3.58. The molecule has 6 heteroatoms. The molecule has 0 N–H and O–H groups in total. The van der Waals surface area contributed by atoms with Crippen LogP contribution in [0.5, 0.6) is 0 Å². The van der Waals surface area contributed by atoms with E-state index in [4.69, 9.17) is 4.98 Å². The predicted octanol–water partition coefficient (Wildman–Crippen LogP) is 6.11. The minimum atomic E-state index is -0.370. The largest absolute Gasteiger partial charge is 0.270 e. The highest BCUT2D eigenvalue weighted by molar-refractivity contribution is 7.13. The number of hydrogen-bond donors (Lipinski definition) is 0. The lowest BCUT2D eigenvalue weighted by Gasteiger charge is -2.08. The molecule has 122 valence electrons. The first kappa shape index (κ1) is 15.7. The van der Waals surface area contributed by atoms with Gasteiger partial charge in [-0.1, -0.05) is 24.3 Å². The molecule has 0 fully saturated rings. The third-order valence-electron chi connectivity index (χ3n) is 3.76. The Balaban J connectivity index is 1.90. The first-order valence-corrected chi connectivity index (χ1v) is 9.31. The molecule has 0 amide bonds. The van der Waals surface area contributed by atoms with E-state index in [1.54, 1.807) is 34.8 Å². The molecular formula is C19H12N2O2S2. The molecule has 4 nitrogen and oxygen atoms in total. The van der Waals surface area contributed by atoms with Crippen molar-refractivity contribution in [2.24, 2.45) is 0 Å². The maximum Gasteiger partial charge on any atom is 0.270 e. The predicted molar refractivity (Wildman–Crippen MR) is 103 cm³/mol. The van der Waals surface area contributed by atoms with Crippen molar-refractivity contribution in [3.63, 3.8) is 0 Å². The van der Waals surface area contributed by atoms with Crippen LogP contribution in [-0.4, -0.2) is 9.91 Å². The topological polar surface area (TPSA) is 56.0 Å². The van der Waals surface area contributed by atoms with Crippen molar-refractivity contribution in [2.45, 2.75) is 0 Å². The molecule has 3 aromatic heterocycles. The lowest BCUT2D eigenvalue weighted by atomic mass is 10.0. The van der Waals surface area contributed by atoms with Crippen LogP contribution in [0.4, 0.5) is 5.69 Å². The van der Waals surface area contributed by atoms with E-state index in [0.717, 1.165) is 32.3 Å². The molecule has 4 aromatic rings. The summed E-state index contributed by atoms with van der Waals surface area (Å²) < 4.78 is 0. The van der Waals surface area contributed by atoms with Crippen molar-refractivity contribution in [1.82, 2.24) is 4.98 Å². The number of hydrogen-bond acceptors (Lipinski definition) is 5. The van der Waals surface area contributed by atoms with Crippen molar-refractivity contribution in [2.75, 3.05) is 0 Å². The Bertz CT molecular complexity index is 973. The monoisotopic (exact) mass is 364 g/mol. The maximum absolute atomic E-state index is 11.1. The number of aromatic nitrogens is 1. The molecule has 0 aliphatic heterocycles. The maximum atomic E-state index is 11.1. The Morgan fingerprint density at radius 2 is 1.44 bits per heavy atom. The van der Waals surface area contributed by atoms with Crippen molar-refractivity contribution in [1.29, 1.82) is 0 Å². The zero-order valence-electron chi connectivity index (χ0n) is 13.0. The summed E-state index contributed by atoms with van der Waals surface area (Å²) in [6.45, 7) is 0. The first-order valence-electron chi connectivity index (χ1n) is 7.55. The molecule has 0 aliphatic carbocycles. The fourth-order valence-corrected chi connectivity index (χ4v) is 3.97. The Morgan fingerprint density at radius 1 is 0.800 bits per heavy atom. The van der Waals surface area contributed by atoms with Crippen molar-refractivity contribution >= 4 is 28.4 Å². The highest BCUT2D eigenvalue weighted by Crippen LogP contribution is 2.34. The number of nitro benzene ring substituents is 1. The van der Waals surface area contributed by atoms with Crippen molar-refractivity contribution in [3.8, 4) is 32.3 Å². The van der Waals surface area contributed by atoms with Crippen LogP contribution in [0.15, 0.2) is 71.4 Å². The first-order chi connectivity index (χ1) is 12.2. The summed E-state index contributed by atoms with van der Waals surface area (Å²) in [7, 11) is 0. The van der Waals surface area contributed by atoms with Gasteiger partial charge in [-0.2, -0.15) is 0 Å². The van der Waals surface area contributed by atoms with Crippen molar-refractivity contribution in [3.05, 3.63) is 81.5 Å². The molecule has 0 saturated carbocycles. The fourth-order valence-electron chi connectivity index (χ4n) is 2.60. The zero-order chi connectivity index (χ0) is 17.2.